The normalized spacial score (nSPS) is 19.7. The molecule has 0 unspecified atom stereocenters. The molecule has 1 aliphatic rings. The molecule has 0 aromatic heterocycles. The lowest BCUT2D eigenvalue weighted by Crippen LogP contribution is -2.56. The van der Waals surface area contributed by atoms with Gasteiger partial charge in [0.25, 0.3) is 0 Å². The van der Waals surface area contributed by atoms with Crippen LogP contribution in [0.3, 0.4) is 0 Å². The molecule has 1 aromatic carbocycles. The average molecular weight is 361 g/mol. The lowest BCUT2D eigenvalue weighted by Gasteiger charge is -2.42. The van der Waals surface area contributed by atoms with Crippen LogP contribution in [-0.4, -0.2) is 53.7 Å². The topological polar surface area (TPSA) is 81.7 Å². The first-order valence-electron chi connectivity index (χ1n) is 9.28. The van der Waals surface area contributed by atoms with Crippen LogP contribution in [0.2, 0.25) is 0 Å². The van der Waals surface area contributed by atoms with Gasteiger partial charge in [0.05, 0.1) is 6.54 Å². The van der Waals surface area contributed by atoms with Crippen molar-refractivity contribution in [3.8, 4) is 0 Å². The van der Waals surface area contributed by atoms with E-state index in [2.05, 4.69) is 49.6 Å². The van der Waals surface area contributed by atoms with E-state index >= 15 is 0 Å². The molecule has 6 nitrogen and oxygen atoms in total. The van der Waals surface area contributed by atoms with E-state index in [9.17, 15) is 9.59 Å². The zero-order valence-corrected chi connectivity index (χ0v) is 16.2. The van der Waals surface area contributed by atoms with Crippen LogP contribution in [0.5, 0.6) is 0 Å². The van der Waals surface area contributed by atoms with E-state index in [1.807, 2.05) is 17.9 Å². The Bertz CT molecular complexity index is 639. The minimum Gasteiger partial charge on any atom is -0.480 e. The van der Waals surface area contributed by atoms with Crippen molar-refractivity contribution in [2.24, 2.45) is 0 Å². The molecule has 2 rings (SSSR count). The maximum Gasteiger partial charge on any atom is 0.317 e. The second-order valence-corrected chi connectivity index (χ2v) is 7.86. The minimum absolute atomic E-state index is 0.0603. The van der Waals surface area contributed by atoms with Crippen LogP contribution in [0, 0.1) is 6.92 Å². The highest BCUT2D eigenvalue weighted by Gasteiger charge is 2.34. The van der Waals surface area contributed by atoms with Gasteiger partial charge < -0.3 is 15.7 Å². The number of carboxylic acids is 1. The molecule has 0 saturated heterocycles. The van der Waals surface area contributed by atoms with Crippen molar-refractivity contribution < 1.29 is 14.7 Å². The van der Waals surface area contributed by atoms with Gasteiger partial charge in [-0.1, -0.05) is 50.6 Å². The first-order chi connectivity index (χ1) is 12.2. The van der Waals surface area contributed by atoms with Crippen molar-refractivity contribution >= 4 is 12.0 Å². The maximum absolute atomic E-state index is 12.2. The van der Waals surface area contributed by atoms with Gasteiger partial charge in [0.1, 0.15) is 0 Å². The summed E-state index contributed by atoms with van der Waals surface area (Å²) < 4.78 is 0. The second kappa shape index (κ2) is 8.54. The van der Waals surface area contributed by atoms with E-state index < -0.39 is 5.97 Å². The summed E-state index contributed by atoms with van der Waals surface area (Å²) >= 11 is 0. The van der Waals surface area contributed by atoms with Crippen LogP contribution in [0.25, 0.3) is 0 Å². The number of likely N-dealkylation sites (N-methyl/N-ethyl adjacent to an activating group) is 1. The predicted molar refractivity (Wildman–Crippen MR) is 102 cm³/mol. The van der Waals surface area contributed by atoms with Crippen LogP contribution in [0.15, 0.2) is 24.3 Å². The summed E-state index contributed by atoms with van der Waals surface area (Å²) in [6, 6.07) is 8.54. The molecule has 0 atom stereocenters. The molecule has 0 heterocycles. The largest absolute Gasteiger partial charge is 0.480 e. The van der Waals surface area contributed by atoms with Crippen molar-refractivity contribution in [3.63, 3.8) is 0 Å². The molecule has 0 bridgehead atoms. The van der Waals surface area contributed by atoms with Gasteiger partial charge in [0.2, 0.25) is 0 Å². The number of urea groups is 1. The quantitative estimate of drug-likeness (QED) is 0.664. The summed E-state index contributed by atoms with van der Waals surface area (Å²) in [4.78, 5) is 25.0. The maximum atomic E-state index is 12.2. The predicted octanol–water partition coefficient (Wildman–Crippen LogP) is 2.51. The number of hydrogen-bond acceptors (Lipinski definition) is 3. The Kier molecular flexibility index (Phi) is 6.64. The SMILES string of the molecule is CCN(CC(=O)O)C1CC(NC(=O)NCC(C)(C)c2cccc(C)c2)C1. The van der Waals surface area contributed by atoms with Gasteiger partial charge in [-0.2, -0.15) is 0 Å². The third-order valence-electron chi connectivity index (χ3n) is 5.20. The molecule has 1 saturated carbocycles. The number of carbonyl (C=O) groups is 2. The highest BCUT2D eigenvalue weighted by Crippen LogP contribution is 2.26. The molecule has 2 amide bonds. The molecule has 0 spiro atoms. The molecular weight excluding hydrogens is 330 g/mol. The van der Waals surface area contributed by atoms with Crippen molar-refractivity contribution in [2.75, 3.05) is 19.6 Å². The summed E-state index contributed by atoms with van der Waals surface area (Å²) in [6.45, 7) is 9.59. The fourth-order valence-electron chi connectivity index (χ4n) is 3.38. The van der Waals surface area contributed by atoms with Crippen molar-refractivity contribution in [1.29, 1.82) is 0 Å². The van der Waals surface area contributed by atoms with Crippen molar-refractivity contribution in [1.82, 2.24) is 15.5 Å². The third-order valence-corrected chi connectivity index (χ3v) is 5.20. The number of carbonyl (C=O) groups excluding carboxylic acids is 1. The molecule has 3 N–H and O–H groups in total. The molecule has 6 heteroatoms. The number of amides is 2. The zero-order chi connectivity index (χ0) is 19.3. The smallest absolute Gasteiger partial charge is 0.317 e. The van der Waals surface area contributed by atoms with Gasteiger partial charge >= 0.3 is 12.0 Å². The Morgan fingerprint density at radius 3 is 2.58 bits per heavy atom. The minimum atomic E-state index is -0.806. The van der Waals surface area contributed by atoms with Crippen LogP contribution < -0.4 is 10.6 Å². The van der Waals surface area contributed by atoms with E-state index in [0.29, 0.717) is 13.1 Å². The highest BCUT2D eigenvalue weighted by molar-refractivity contribution is 5.74. The number of aryl methyl sites for hydroxylation is 1. The molecule has 0 aliphatic heterocycles. The molecule has 1 aliphatic carbocycles. The van der Waals surface area contributed by atoms with Gasteiger partial charge in [0, 0.05) is 24.0 Å². The Morgan fingerprint density at radius 1 is 1.31 bits per heavy atom. The standard InChI is InChI=1S/C20H31N3O3/c1-5-23(12-18(24)25)17-10-16(11-17)22-19(26)21-13-20(3,4)15-8-6-7-14(2)9-15/h6-9,16-17H,5,10-13H2,1-4H3,(H,24,25)(H2,21,22,26). The van der Waals surface area contributed by atoms with E-state index in [1.54, 1.807) is 0 Å². The summed E-state index contributed by atoms with van der Waals surface area (Å²) in [6.07, 6.45) is 1.60. The van der Waals surface area contributed by atoms with E-state index in [1.165, 1.54) is 11.1 Å². The van der Waals surface area contributed by atoms with Gasteiger partial charge in [0.15, 0.2) is 0 Å². The molecule has 26 heavy (non-hydrogen) atoms. The van der Waals surface area contributed by atoms with Gasteiger partial charge in [-0.25, -0.2) is 4.79 Å². The third kappa shape index (κ3) is 5.46. The zero-order valence-electron chi connectivity index (χ0n) is 16.2. The Labute approximate surface area is 156 Å². The number of aliphatic carboxylic acids is 1. The molecule has 0 radical (unpaired) electrons. The van der Waals surface area contributed by atoms with E-state index in [0.717, 1.165) is 12.8 Å². The fraction of sp³-hybridized carbons (Fsp3) is 0.600. The van der Waals surface area contributed by atoms with Crippen LogP contribution in [0.4, 0.5) is 4.79 Å². The molecular formula is C20H31N3O3. The number of nitrogens with zero attached hydrogens (tertiary/aromatic N) is 1. The van der Waals surface area contributed by atoms with Gasteiger partial charge in [-0.05, 0) is 31.9 Å². The highest BCUT2D eigenvalue weighted by atomic mass is 16.4. The fourth-order valence-corrected chi connectivity index (χ4v) is 3.38. The summed E-state index contributed by atoms with van der Waals surface area (Å²) in [5, 5.41) is 14.9. The Morgan fingerprint density at radius 2 is 2.00 bits per heavy atom. The number of hydrogen-bond donors (Lipinski definition) is 3. The molecule has 144 valence electrons. The van der Waals surface area contributed by atoms with Crippen LogP contribution in [-0.2, 0) is 10.2 Å². The number of benzene rings is 1. The lowest BCUT2D eigenvalue weighted by molar-refractivity contribution is -0.139. The number of nitrogens with one attached hydrogen (secondary N) is 2. The van der Waals surface area contributed by atoms with E-state index in [-0.39, 0.29) is 30.1 Å². The Hall–Kier alpha value is -2.08. The van der Waals surface area contributed by atoms with E-state index in [4.69, 9.17) is 5.11 Å². The first-order valence-corrected chi connectivity index (χ1v) is 9.28. The second-order valence-electron chi connectivity index (χ2n) is 7.86. The lowest BCUT2D eigenvalue weighted by atomic mass is 9.84. The van der Waals surface area contributed by atoms with Crippen molar-refractivity contribution in [3.05, 3.63) is 35.4 Å². The van der Waals surface area contributed by atoms with Crippen molar-refractivity contribution in [2.45, 2.75) is 58.0 Å². The summed E-state index contributed by atoms with van der Waals surface area (Å²) in [5.74, 6) is -0.806. The average Bonchev–Trinajstić information content (AvgIpc) is 2.54. The summed E-state index contributed by atoms with van der Waals surface area (Å²) in [7, 11) is 0. The van der Waals surface area contributed by atoms with Gasteiger partial charge in [-0.15, -0.1) is 0 Å². The van der Waals surface area contributed by atoms with Crippen LogP contribution >= 0.6 is 0 Å². The molecule has 1 fully saturated rings. The molecule has 1 aromatic rings. The first kappa shape index (κ1) is 20.2. The summed E-state index contributed by atoms with van der Waals surface area (Å²) in [5.41, 5.74) is 2.27. The number of carboxylic acid groups (broad SMARTS) is 1. The van der Waals surface area contributed by atoms with Gasteiger partial charge in [-0.3, -0.25) is 9.69 Å². The Balaban J connectivity index is 1.75. The number of rotatable bonds is 8. The monoisotopic (exact) mass is 361 g/mol. The van der Waals surface area contributed by atoms with Crippen LogP contribution in [0.1, 0.15) is 44.7 Å².